The Balaban J connectivity index is 2.57. The highest BCUT2D eigenvalue weighted by atomic mass is 16.1. The van der Waals surface area contributed by atoms with Gasteiger partial charge >= 0.3 is 0 Å². The highest BCUT2D eigenvalue weighted by molar-refractivity contribution is 5.92. The maximum absolute atomic E-state index is 11.7. The van der Waals surface area contributed by atoms with Gasteiger partial charge in [0.2, 0.25) is 0 Å². The summed E-state index contributed by atoms with van der Waals surface area (Å²) in [5, 5.41) is 5.85. The van der Waals surface area contributed by atoms with Crippen molar-refractivity contribution >= 4 is 11.7 Å². The number of hydrogen-bond acceptors (Lipinski definition) is 4. The van der Waals surface area contributed by atoms with E-state index in [0.717, 1.165) is 6.54 Å². The van der Waals surface area contributed by atoms with Gasteiger partial charge in [0.1, 0.15) is 11.5 Å². The first-order valence-electron chi connectivity index (χ1n) is 5.76. The molecule has 1 rings (SSSR count). The summed E-state index contributed by atoms with van der Waals surface area (Å²) in [4.78, 5) is 19.9. The summed E-state index contributed by atoms with van der Waals surface area (Å²) in [7, 11) is 0. The van der Waals surface area contributed by atoms with E-state index < -0.39 is 0 Å². The van der Waals surface area contributed by atoms with E-state index in [1.54, 1.807) is 6.20 Å². The fraction of sp³-hybridized carbons (Fsp3) is 0.583. The van der Waals surface area contributed by atoms with Crippen LogP contribution in [0.4, 0.5) is 5.82 Å². The number of nitrogens with zero attached hydrogens (tertiary/aromatic N) is 2. The highest BCUT2D eigenvalue weighted by Gasteiger charge is 2.13. The predicted octanol–water partition coefficient (Wildman–Crippen LogP) is 1.68. The van der Waals surface area contributed by atoms with Crippen LogP contribution in [0.25, 0.3) is 0 Å². The zero-order chi connectivity index (χ0) is 12.9. The van der Waals surface area contributed by atoms with E-state index in [1.807, 2.05) is 6.92 Å². The van der Waals surface area contributed by atoms with Crippen LogP contribution < -0.4 is 10.6 Å². The van der Waals surface area contributed by atoms with Crippen molar-refractivity contribution in [1.82, 2.24) is 15.3 Å². The first kappa shape index (κ1) is 13.4. The topological polar surface area (TPSA) is 66.9 Å². The van der Waals surface area contributed by atoms with Gasteiger partial charge in [-0.1, -0.05) is 20.8 Å². The quantitative estimate of drug-likeness (QED) is 0.834. The lowest BCUT2D eigenvalue weighted by Crippen LogP contribution is -2.32. The van der Waals surface area contributed by atoms with Gasteiger partial charge in [-0.25, -0.2) is 9.97 Å². The number of nitrogens with one attached hydrogen (secondary N) is 2. The summed E-state index contributed by atoms with van der Waals surface area (Å²) < 4.78 is 0. The van der Waals surface area contributed by atoms with Crippen molar-refractivity contribution < 1.29 is 4.79 Å². The van der Waals surface area contributed by atoms with Crippen LogP contribution in [0.5, 0.6) is 0 Å². The summed E-state index contributed by atoms with van der Waals surface area (Å²) in [6, 6.07) is 0. The van der Waals surface area contributed by atoms with Crippen LogP contribution >= 0.6 is 0 Å². The van der Waals surface area contributed by atoms with E-state index in [2.05, 4.69) is 41.4 Å². The molecular weight excluding hydrogens is 216 g/mol. The molecule has 17 heavy (non-hydrogen) atoms. The minimum atomic E-state index is -0.185. The number of carbonyl (C=O) groups excluding carboxylic acids is 1. The summed E-state index contributed by atoms with van der Waals surface area (Å²) in [5.41, 5.74) is 0.406. The van der Waals surface area contributed by atoms with Crippen LogP contribution in [0.2, 0.25) is 0 Å². The van der Waals surface area contributed by atoms with E-state index >= 15 is 0 Å². The van der Waals surface area contributed by atoms with Gasteiger partial charge in [0.15, 0.2) is 0 Å². The summed E-state index contributed by atoms with van der Waals surface area (Å²) in [6.45, 7) is 9.56. The Bertz CT molecular complexity index is 367. The molecule has 0 unspecified atom stereocenters. The van der Waals surface area contributed by atoms with Crippen molar-refractivity contribution in [3.63, 3.8) is 0 Å². The lowest BCUT2D eigenvalue weighted by atomic mass is 9.97. The van der Waals surface area contributed by atoms with Crippen molar-refractivity contribution in [2.45, 2.75) is 27.7 Å². The van der Waals surface area contributed by atoms with Crippen LogP contribution in [0.15, 0.2) is 12.4 Å². The average Bonchev–Trinajstić information content (AvgIpc) is 2.26. The molecule has 5 heteroatoms. The number of carbonyl (C=O) groups is 1. The smallest absolute Gasteiger partial charge is 0.271 e. The van der Waals surface area contributed by atoms with E-state index in [-0.39, 0.29) is 11.3 Å². The second kappa shape index (κ2) is 5.61. The Morgan fingerprint density at radius 3 is 2.47 bits per heavy atom. The van der Waals surface area contributed by atoms with Crippen molar-refractivity contribution in [3.05, 3.63) is 18.1 Å². The highest BCUT2D eigenvalue weighted by Crippen LogP contribution is 2.10. The fourth-order valence-electron chi connectivity index (χ4n) is 1.15. The third-order valence-corrected chi connectivity index (χ3v) is 2.02. The molecular formula is C12H20N4O. The molecule has 1 aromatic heterocycles. The van der Waals surface area contributed by atoms with E-state index in [9.17, 15) is 4.79 Å². The summed E-state index contributed by atoms with van der Waals surface area (Å²) >= 11 is 0. The van der Waals surface area contributed by atoms with Crippen molar-refractivity contribution in [2.24, 2.45) is 5.41 Å². The van der Waals surface area contributed by atoms with Gasteiger partial charge in [0, 0.05) is 13.1 Å². The van der Waals surface area contributed by atoms with Gasteiger partial charge in [0.25, 0.3) is 5.91 Å². The Hall–Kier alpha value is -1.65. The molecule has 1 heterocycles. The zero-order valence-corrected chi connectivity index (χ0v) is 10.9. The lowest BCUT2D eigenvalue weighted by Gasteiger charge is -2.18. The first-order valence-corrected chi connectivity index (χ1v) is 5.76. The van der Waals surface area contributed by atoms with Gasteiger partial charge < -0.3 is 10.6 Å². The van der Waals surface area contributed by atoms with Gasteiger partial charge in [-0.2, -0.15) is 0 Å². The minimum absolute atomic E-state index is 0.0623. The second-order valence-electron chi connectivity index (χ2n) is 5.06. The molecule has 2 N–H and O–H groups in total. The third kappa shape index (κ3) is 4.80. The normalized spacial score (nSPS) is 11.1. The van der Waals surface area contributed by atoms with Gasteiger partial charge in [-0.3, -0.25) is 4.79 Å². The summed E-state index contributed by atoms with van der Waals surface area (Å²) in [6.07, 6.45) is 3.05. The Labute approximate surface area is 102 Å². The van der Waals surface area contributed by atoms with Gasteiger partial charge in [-0.15, -0.1) is 0 Å². The molecule has 94 valence electrons. The zero-order valence-electron chi connectivity index (χ0n) is 10.9. The van der Waals surface area contributed by atoms with E-state index in [1.165, 1.54) is 6.20 Å². The van der Waals surface area contributed by atoms with Crippen LogP contribution in [-0.2, 0) is 0 Å². The number of aromatic nitrogens is 2. The number of rotatable bonds is 4. The molecule has 0 aliphatic carbocycles. The predicted molar refractivity (Wildman–Crippen MR) is 68.0 cm³/mol. The van der Waals surface area contributed by atoms with Gasteiger partial charge in [0.05, 0.1) is 12.4 Å². The molecule has 0 aromatic carbocycles. The van der Waals surface area contributed by atoms with Crippen molar-refractivity contribution in [3.8, 4) is 0 Å². The molecule has 1 aromatic rings. The minimum Gasteiger partial charge on any atom is -0.369 e. The lowest BCUT2D eigenvalue weighted by molar-refractivity contribution is 0.0934. The third-order valence-electron chi connectivity index (χ3n) is 2.02. The fourth-order valence-corrected chi connectivity index (χ4v) is 1.15. The van der Waals surface area contributed by atoms with Crippen molar-refractivity contribution in [2.75, 3.05) is 18.4 Å². The second-order valence-corrected chi connectivity index (χ2v) is 5.06. The SMILES string of the molecule is CCNc1cnc(C(=O)NCC(C)(C)C)cn1. The van der Waals surface area contributed by atoms with Crippen LogP contribution in [0.1, 0.15) is 38.2 Å². The summed E-state index contributed by atoms with van der Waals surface area (Å²) in [5.74, 6) is 0.496. The molecule has 0 aliphatic rings. The van der Waals surface area contributed by atoms with Crippen LogP contribution in [0, 0.1) is 5.41 Å². The molecule has 0 atom stereocenters. The Morgan fingerprint density at radius 1 is 1.29 bits per heavy atom. The molecule has 0 fully saturated rings. The Kier molecular flexibility index (Phi) is 4.43. The number of hydrogen-bond donors (Lipinski definition) is 2. The first-order chi connectivity index (χ1) is 7.92. The molecule has 0 saturated carbocycles. The van der Waals surface area contributed by atoms with Crippen LogP contribution in [0.3, 0.4) is 0 Å². The maximum atomic E-state index is 11.7. The molecule has 1 amide bonds. The number of anilines is 1. The van der Waals surface area contributed by atoms with Gasteiger partial charge in [-0.05, 0) is 12.3 Å². The molecule has 0 saturated heterocycles. The van der Waals surface area contributed by atoms with E-state index in [0.29, 0.717) is 18.1 Å². The van der Waals surface area contributed by atoms with E-state index in [4.69, 9.17) is 0 Å². The number of amides is 1. The average molecular weight is 236 g/mol. The monoisotopic (exact) mass is 236 g/mol. The Morgan fingerprint density at radius 2 is 2.00 bits per heavy atom. The molecule has 0 aliphatic heterocycles. The molecule has 0 spiro atoms. The largest absolute Gasteiger partial charge is 0.369 e. The molecule has 0 radical (unpaired) electrons. The standard InChI is InChI=1S/C12H20N4O/c1-5-13-10-7-14-9(6-15-10)11(17)16-8-12(2,3)4/h6-7H,5,8H2,1-4H3,(H,13,15)(H,16,17). The van der Waals surface area contributed by atoms with Crippen LogP contribution in [-0.4, -0.2) is 29.0 Å². The molecule has 5 nitrogen and oxygen atoms in total. The molecule has 0 bridgehead atoms. The van der Waals surface area contributed by atoms with Crippen molar-refractivity contribution in [1.29, 1.82) is 0 Å². The maximum Gasteiger partial charge on any atom is 0.271 e.